The topological polar surface area (TPSA) is 57.7 Å². The molecule has 1 rings (SSSR count). The van der Waals surface area contributed by atoms with E-state index in [-0.39, 0.29) is 0 Å². The smallest absolute Gasteiger partial charge is 0.340 e. The summed E-state index contributed by atoms with van der Waals surface area (Å²) in [5.41, 5.74) is 1.05. The van der Waals surface area contributed by atoms with E-state index in [1.54, 1.807) is 19.2 Å². The molecule has 0 bridgehead atoms. The summed E-state index contributed by atoms with van der Waals surface area (Å²) in [5, 5.41) is 0. The molecule has 1 heterocycles. The van der Waals surface area contributed by atoms with Crippen LogP contribution in [0.25, 0.3) is 0 Å². The van der Waals surface area contributed by atoms with E-state index in [2.05, 4.69) is 20.9 Å². The van der Waals surface area contributed by atoms with Crippen LogP contribution in [0.1, 0.15) is 43.0 Å². The fourth-order valence-electron chi connectivity index (χ4n) is 1.49. The number of nitrogens with zero attached hydrogens (tertiary/aromatic N) is 1. The van der Waals surface area contributed by atoms with Crippen LogP contribution in [0.5, 0.6) is 0 Å². The Morgan fingerprint density at radius 3 is 2.42 bits per heavy atom. The molecule has 0 aliphatic heterocycles. The average molecular weight is 332 g/mol. The van der Waals surface area contributed by atoms with Gasteiger partial charge >= 0.3 is 5.97 Å². The van der Waals surface area contributed by atoms with Gasteiger partial charge in [-0.25, -0.2) is 9.78 Å². The van der Waals surface area contributed by atoms with Gasteiger partial charge in [0.05, 0.1) is 12.2 Å². The van der Waals surface area contributed by atoms with E-state index in [4.69, 9.17) is 14.2 Å². The van der Waals surface area contributed by atoms with Gasteiger partial charge < -0.3 is 14.2 Å². The van der Waals surface area contributed by atoms with E-state index in [1.807, 2.05) is 13.8 Å². The molecule has 1 aromatic heterocycles. The van der Waals surface area contributed by atoms with Crippen molar-refractivity contribution in [1.29, 1.82) is 0 Å². The van der Waals surface area contributed by atoms with E-state index < -0.39 is 12.3 Å². The van der Waals surface area contributed by atoms with E-state index >= 15 is 0 Å². The van der Waals surface area contributed by atoms with Crippen LogP contribution >= 0.6 is 15.9 Å². The highest BCUT2D eigenvalue weighted by Crippen LogP contribution is 2.23. The van der Waals surface area contributed by atoms with Gasteiger partial charge in [0.25, 0.3) is 0 Å². The summed E-state index contributed by atoms with van der Waals surface area (Å²) in [6, 6.07) is 1.67. The molecule has 19 heavy (non-hydrogen) atoms. The van der Waals surface area contributed by atoms with Crippen LogP contribution in [0.3, 0.4) is 0 Å². The average Bonchev–Trinajstić information content (AvgIpc) is 2.39. The maximum Gasteiger partial charge on any atom is 0.340 e. The van der Waals surface area contributed by atoms with Crippen LogP contribution in [-0.2, 0) is 14.2 Å². The Balaban J connectivity index is 3.01. The first-order chi connectivity index (χ1) is 9.13. The molecule has 6 heteroatoms. The highest BCUT2D eigenvalue weighted by atomic mass is 79.9. The summed E-state index contributed by atoms with van der Waals surface area (Å²) in [6.07, 6.45) is 1.09. The van der Waals surface area contributed by atoms with Crippen molar-refractivity contribution < 1.29 is 19.0 Å². The molecule has 0 radical (unpaired) electrons. The lowest BCUT2D eigenvalue weighted by Gasteiger charge is -2.17. The van der Waals surface area contributed by atoms with Gasteiger partial charge in [0.15, 0.2) is 6.29 Å². The van der Waals surface area contributed by atoms with Gasteiger partial charge in [-0.15, -0.1) is 0 Å². The number of rotatable bonds is 7. The molecule has 5 nitrogen and oxygen atoms in total. The summed E-state index contributed by atoms with van der Waals surface area (Å²) >= 11 is 3.23. The van der Waals surface area contributed by atoms with Crippen molar-refractivity contribution in [3.8, 4) is 0 Å². The van der Waals surface area contributed by atoms with Gasteiger partial charge in [-0.1, -0.05) is 0 Å². The molecule has 0 aliphatic rings. The standard InChI is InChI=1S/C13H18BrNO4/c1-4-17-12(16)10-7-9(8-15-11(10)14)13(18-5-2)19-6-3/h7-8,13H,4-6H2,1-3H3. The molecule has 0 unspecified atom stereocenters. The second-order valence-electron chi connectivity index (χ2n) is 3.57. The van der Waals surface area contributed by atoms with Crippen molar-refractivity contribution in [2.75, 3.05) is 19.8 Å². The molecule has 0 fully saturated rings. The van der Waals surface area contributed by atoms with Crippen molar-refractivity contribution in [1.82, 2.24) is 4.98 Å². The Labute approximate surface area is 121 Å². The first-order valence-electron chi connectivity index (χ1n) is 6.19. The molecule has 0 aromatic carbocycles. The monoisotopic (exact) mass is 331 g/mol. The summed E-state index contributed by atoms with van der Waals surface area (Å²) in [4.78, 5) is 15.9. The number of hydrogen-bond donors (Lipinski definition) is 0. The van der Waals surface area contributed by atoms with Gasteiger partial charge in [-0.05, 0) is 42.8 Å². The Kier molecular flexibility index (Phi) is 6.97. The number of carbonyl (C=O) groups excluding carboxylic acids is 1. The van der Waals surface area contributed by atoms with Gasteiger partial charge in [-0.2, -0.15) is 0 Å². The first-order valence-corrected chi connectivity index (χ1v) is 6.99. The van der Waals surface area contributed by atoms with Crippen LogP contribution in [0, 0.1) is 0 Å². The number of carbonyl (C=O) groups is 1. The molecule has 106 valence electrons. The van der Waals surface area contributed by atoms with Gasteiger partial charge in [0.2, 0.25) is 0 Å². The third-order valence-electron chi connectivity index (χ3n) is 2.26. The summed E-state index contributed by atoms with van der Waals surface area (Å²) in [6.45, 7) is 6.85. The zero-order valence-electron chi connectivity index (χ0n) is 11.3. The third kappa shape index (κ3) is 4.56. The van der Waals surface area contributed by atoms with Gasteiger partial charge in [-0.3, -0.25) is 0 Å². The molecule has 0 aliphatic carbocycles. The van der Waals surface area contributed by atoms with E-state index in [0.29, 0.717) is 35.6 Å². The molecule has 1 aromatic rings. The Hall–Kier alpha value is -0.980. The number of pyridine rings is 1. The van der Waals surface area contributed by atoms with Crippen LogP contribution < -0.4 is 0 Å². The summed E-state index contributed by atoms with van der Waals surface area (Å²) in [5.74, 6) is -0.421. The molecule has 0 saturated heterocycles. The Bertz CT molecular complexity index is 419. The van der Waals surface area contributed by atoms with Crippen molar-refractivity contribution >= 4 is 21.9 Å². The van der Waals surface area contributed by atoms with Gasteiger partial charge in [0.1, 0.15) is 4.60 Å². The maximum atomic E-state index is 11.8. The summed E-state index contributed by atoms with van der Waals surface area (Å²) in [7, 11) is 0. The quantitative estimate of drug-likeness (QED) is 0.436. The van der Waals surface area contributed by atoms with Gasteiger partial charge in [0, 0.05) is 25.0 Å². The van der Waals surface area contributed by atoms with Crippen molar-refractivity contribution in [3.05, 3.63) is 28.0 Å². The van der Waals surface area contributed by atoms with Crippen LogP contribution in [0.2, 0.25) is 0 Å². The lowest BCUT2D eigenvalue weighted by atomic mass is 10.2. The molecule has 0 spiro atoms. The maximum absolute atomic E-state index is 11.8. The first kappa shape index (κ1) is 16.1. The van der Waals surface area contributed by atoms with Crippen LogP contribution in [0.4, 0.5) is 0 Å². The van der Waals surface area contributed by atoms with Crippen LogP contribution in [-0.4, -0.2) is 30.8 Å². The largest absolute Gasteiger partial charge is 0.462 e. The predicted octanol–water partition coefficient (Wildman–Crippen LogP) is 3.09. The minimum absolute atomic E-state index is 0.315. The van der Waals surface area contributed by atoms with E-state index in [0.717, 1.165) is 0 Å². The molecule has 0 atom stereocenters. The lowest BCUT2D eigenvalue weighted by molar-refractivity contribution is -0.140. The molecule has 0 saturated carbocycles. The fourth-order valence-corrected chi connectivity index (χ4v) is 1.87. The summed E-state index contributed by atoms with van der Waals surface area (Å²) < 4.78 is 16.4. The number of esters is 1. The van der Waals surface area contributed by atoms with E-state index in [1.165, 1.54) is 0 Å². The Morgan fingerprint density at radius 1 is 1.26 bits per heavy atom. The van der Waals surface area contributed by atoms with Crippen molar-refractivity contribution in [2.45, 2.75) is 27.1 Å². The zero-order valence-corrected chi connectivity index (χ0v) is 12.9. The molecular weight excluding hydrogens is 314 g/mol. The number of halogens is 1. The lowest BCUT2D eigenvalue weighted by Crippen LogP contribution is -2.12. The normalized spacial score (nSPS) is 10.8. The SMILES string of the molecule is CCOC(=O)c1cc(C(OCC)OCC)cnc1Br. The molecular formula is C13H18BrNO4. The zero-order chi connectivity index (χ0) is 14.3. The molecule has 0 N–H and O–H groups in total. The second kappa shape index (κ2) is 8.24. The minimum Gasteiger partial charge on any atom is -0.462 e. The highest BCUT2D eigenvalue weighted by Gasteiger charge is 2.18. The molecule has 0 amide bonds. The highest BCUT2D eigenvalue weighted by molar-refractivity contribution is 9.10. The fraction of sp³-hybridized carbons (Fsp3) is 0.538. The van der Waals surface area contributed by atoms with Crippen molar-refractivity contribution in [3.63, 3.8) is 0 Å². The van der Waals surface area contributed by atoms with E-state index in [9.17, 15) is 4.79 Å². The minimum atomic E-state index is -0.524. The number of ether oxygens (including phenoxy) is 3. The second-order valence-corrected chi connectivity index (χ2v) is 4.32. The van der Waals surface area contributed by atoms with Crippen molar-refractivity contribution in [2.24, 2.45) is 0 Å². The van der Waals surface area contributed by atoms with Crippen LogP contribution in [0.15, 0.2) is 16.9 Å². The predicted molar refractivity (Wildman–Crippen MR) is 73.9 cm³/mol. The number of hydrogen-bond acceptors (Lipinski definition) is 5. The Morgan fingerprint density at radius 2 is 1.89 bits per heavy atom. The number of aromatic nitrogens is 1. The third-order valence-corrected chi connectivity index (χ3v) is 2.90.